The largest absolute Gasteiger partial charge is 0.382 e. The molecule has 3 N–H and O–H groups in total. The van der Waals surface area contributed by atoms with Gasteiger partial charge in [0.2, 0.25) is 10.0 Å². The number of nitrogens with one attached hydrogen (secondary N) is 3. The molecule has 0 aliphatic heterocycles. The lowest BCUT2D eigenvalue weighted by molar-refractivity contribution is 0.0702. The Bertz CT molecular complexity index is 630. The molecule has 0 bridgehead atoms. The van der Waals surface area contributed by atoms with Crippen molar-refractivity contribution in [3.63, 3.8) is 0 Å². The van der Waals surface area contributed by atoms with Gasteiger partial charge in [0.05, 0.1) is 19.0 Å². The molecule has 0 saturated heterocycles. The van der Waals surface area contributed by atoms with Gasteiger partial charge in [-0.15, -0.1) is 24.0 Å². The number of hydrogen-bond donors (Lipinski definition) is 3. The molecular formula is C18H33IN4O4S. The molecule has 0 aliphatic carbocycles. The van der Waals surface area contributed by atoms with Crippen molar-refractivity contribution in [1.29, 1.82) is 0 Å². The minimum Gasteiger partial charge on any atom is -0.382 e. The van der Waals surface area contributed by atoms with Crippen LogP contribution < -0.4 is 15.4 Å². The van der Waals surface area contributed by atoms with Crippen molar-refractivity contribution in [2.45, 2.75) is 19.9 Å². The van der Waals surface area contributed by atoms with E-state index in [4.69, 9.17) is 9.47 Å². The highest BCUT2D eigenvalue weighted by molar-refractivity contribution is 14.0. The van der Waals surface area contributed by atoms with Crippen molar-refractivity contribution in [1.82, 2.24) is 15.4 Å². The lowest BCUT2D eigenvalue weighted by Crippen LogP contribution is -2.41. The van der Waals surface area contributed by atoms with Crippen LogP contribution in [0.15, 0.2) is 35.3 Å². The maximum absolute atomic E-state index is 12.1. The Morgan fingerprint density at radius 1 is 1.11 bits per heavy atom. The number of hydrogen-bond acceptors (Lipinski definition) is 5. The number of benzene rings is 1. The fourth-order valence-corrected chi connectivity index (χ4v) is 3.01. The molecule has 0 saturated carbocycles. The molecule has 10 heteroatoms. The van der Waals surface area contributed by atoms with Crippen molar-refractivity contribution in [3.8, 4) is 0 Å². The summed E-state index contributed by atoms with van der Waals surface area (Å²) in [7, 11) is -1.72. The minimum atomic E-state index is -3.36. The van der Waals surface area contributed by atoms with Crippen LogP contribution >= 0.6 is 24.0 Å². The van der Waals surface area contributed by atoms with Crippen molar-refractivity contribution in [2.75, 3.05) is 52.3 Å². The molecule has 0 unspecified atom stereocenters. The second-order valence-electron chi connectivity index (χ2n) is 5.77. The third-order valence-electron chi connectivity index (χ3n) is 3.49. The zero-order valence-corrected chi connectivity index (χ0v) is 19.8. The summed E-state index contributed by atoms with van der Waals surface area (Å²) in [5.74, 6) is 0.581. The number of methoxy groups -OCH3 is 1. The van der Waals surface area contributed by atoms with Crippen LogP contribution in [0.1, 0.15) is 18.9 Å². The molecule has 0 radical (unpaired) electrons. The first-order chi connectivity index (χ1) is 13.1. The molecule has 0 atom stereocenters. The summed E-state index contributed by atoms with van der Waals surface area (Å²) in [5.41, 5.74) is 0.927. The molecule has 28 heavy (non-hydrogen) atoms. The van der Waals surface area contributed by atoms with Crippen LogP contribution in [-0.4, -0.2) is 66.7 Å². The number of sulfonamides is 1. The lowest BCUT2D eigenvalue weighted by Gasteiger charge is -2.12. The topological polar surface area (TPSA) is 101 Å². The molecule has 0 fully saturated rings. The summed E-state index contributed by atoms with van der Waals surface area (Å²) in [6.45, 7) is 5.61. The molecule has 0 amide bonds. The third-order valence-corrected chi connectivity index (χ3v) is 4.82. The van der Waals surface area contributed by atoms with Crippen molar-refractivity contribution < 1.29 is 17.9 Å². The SMILES string of the molecule is CCNC(=NCCCOCCOC)NCCS(=O)(=O)NCc1ccccc1.I. The van der Waals surface area contributed by atoms with Gasteiger partial charge in [-0.1, -0.05) is 30.3 Å². The number of ether oxygens (including phenoxy) is 2. The summed E-state index contributed by atoms with van der Waals surface area (Å²) < 4.78 is 37.1. The highest BCUT2D eigenvalue weighted by Gasteiger charge is 2.10. The molecule has 162 valence electrons. The summed E-state index contributed by atoms with van der Waals surface area (Å²) in [5, 5.41) is 6.15. The molecule has 8 nitrogen and oxygen atoms in total. The van der Waals surface area contributed by atoms with Crippen LogP contribution in [0.5, 0.6) is 0 Å². The maximum atomic E-state index is 12.1. The fourth-order valence-electron chi connectivity index (χ4n) is 2.11. The van der Waals surface area contributed by atoms with Crippen molar-refractivity contribution >= 4 is 40.0 Å². The van der Waals surface area contributed by atoms with E-state index in [0.717, 1.165) is 12.0 Å². The number of aliphatic imine (C=N–C) groups is 1. The summed E-state index contributed by atoms with van der Waals surface area (Å²) in [4.78, 5) is 4.41. The van der Waals surface area contributed by atoms with Gasteiger partial charge in [0, 0.05) is 39.9 Å². The highest BCUT2D eigenvalue weighted by Crippen LogP contribution is 1.98. The van der Waals surface area contributed by atoms with Crippen LogP contribution in [0.3, 0.4) is 0 Å². The minimum absolute atomic E-state index is 0. The average Bonchev–Trinajstić information content (AvgIpc) is 2.66. The zero-order valence-electron chi connectivity index (χ0n) is 16.6. The number of nitrogens with zero attached hydrogens (tertiary/aromatic N) is 1. The standard InChI is InChI=1S/C18H32N4O4S.HI/c1-3-19-18(20-10-7-12-26-14-13-25-2)21-11-15-27(23,24)22-16-17-8-5-4-6-9-17;/h4-6,8-9,22H,3,7,10-16H2,1-2H3,(H2,19,20,21);1H. The Hall–Kier alpha value is -0.950. The van der Waals surface area contributed by atoms with Gasteiger partial charge in [0.1, 0.15) is 0 Å². The second-order valence-corrected chi connectivity index (χ2v) is 7.70. The Kier molecular flexibility index (Phi) is 16.4. The number of halogens is 1. The van der Waals surface area contributed by atoms with Crippen LogP contribution in [0.4, 0.5) is 0 Å². The zero-order chi connectivity index (χ0) is 19.8. The fraction of sp³-hybridized carbons (Fsp3) is 0.611. The van der Waals surface area contributed by atoms with E-state index < -0.39 is 10.0 Å². The molecule has 0 aliphatic rings. The Morgan fingerprint density at radius 3 is 2.54 bits per heavy atom. The quantitative estimate of drug-likeness (QED) is 0.146. The molecule has 1 rings (SSSR count). The molecule has 1 aromatic carbocycles. The van der Waals surface area contributed by atoms with E-state index in [-0.39, 0.29) is 36.3 Å². The van der Waals surface area contributed by atoms with Crippen molar-refractivity contribution in [2.24, 2.45) is 4.99 Å². The van der Waals surface area contributed by atoms with Crippen LogP contribution in [-0.2, 0) is 26.0 Å². The number of rotatable bonds is 14. The van der Waals surface area contributed by atoms with E-state index in [9.17, 15) is 8.42 Å². The Balaban J connectivity index is 0.00000729. The third kappa shape index (κ3) is 14.1. The van der Waals surface area contributed by atoms with Gasteiger partial charge in [0.25, 0.3) is 0 Å². The second kappa shape index (κ2) is 17.0. The normalized spacial score (nSPS) is 11.7. The summed E-state index contributed by atoms with van der Waals surface area (Å²) in [6.07, 6.45) is 0.789. The smallest absolute Gasteiger partial charge is 0.213 e. The van der Waals surface area contributed by atoms with E-state index in [1.165, 1.54) is 0 Å². The van der Waals surface area contributed by atoms with E-state index in [2.05, 4.69) is 20.3 Å². The van der Waals surface area contributed by atoms with E-state index in [0.29, 0.717) is 45.4 Å². The lowest BCUT2D eigenvalue weighted by atomic mass is 10.2. The van der Waals surface area contributed by atoms with Gasteiger partial charge in [-0.05, 0) is 18.9 Å². The highest BCUT2D eigenvalue weighted by atomic mass is 127. The first-order valence-corrected chi connectivity index (χ1v) is 10.8. The molecule has 0 spiro atoms. The first-order valence-electron chi connectivity index (χ1n) is 9.17. The predicted molar refractivity (Wildman–Crippen MR) is 124 cm³/mol. The number of guanidine groups is 1. The van der Waals surface area contributed by atoms with E-state index in [1.807, 2.05) is 37.3 Å². The summed E-state index contributed by atoms with van der Waals surface area (Å²) >= 11 is 0. The monoisotopic (exact) mass is 528 g/mol. The van der Waals surface area contributed by atoms with Gasteiger partial charge in [-0.25, -0.2) is 13.1 Å². The molecular weight excluding hydrogens is 495 g/mol. The van der Waals surface area contributed by atoms with Crippen molar-refractivity contribution in [3.05, 3.63) is 35.9 Å². The summed E-state index contributed by atoms with van der Waals surface area (Å²) in [6, 6.07) is 9.43. The van der Waals surface area contributed by atoms with Gasteiger partial charge in [-0.3, -0.25) is 4.99 Å². The van der Waals surface area contributed by atoms with Gasteiger partial charge >= 0.3 is 0 Å². The Morgan fingerprint density at radius 2 is 1.86 bits per heavy atom. The Labute approximate surface area is 185 Å². The van der Waals surface area contributed by atoms with E-state index in [1.54, 1.807) is 7.11 Å². The van der Waals surface area contributed by atoms with Crippen LogP contribution in [0.2, 0.25) is 0 Å². The average molecular weight is 528 g/mol. The van der Waals surface area contributed by atoms with Crippen LogP contribution in [0, 0.1) is 0 Å². The van der Waals surface area contributed by atoms with E-state index >= 15 is 0 Å². The maximum Gasteiger partial charge on any atom is 0.213 e. The van der Waals surface area contributed by atoms with Gasteiger partial charge in [0.15, 0.2) is 5.96 Å². The van der Waals surface area contributed by atoms with Gasteiger partial charge in [-0.2, -0.15) is 0 Å². The first kappa shape index (κ1) is 27.0. The van der Waals surface area contributed by atoms with Crippen LogP contribution in [0.25, 0.3) is 0 Å². The molecule has 0 aromatic heterocycles. The molecule has 0 heterocycles. The molecule has 1 aromatic rings. The predicted octanol–water partition coefficient (Wildman–Crippen LogP) is 1.33. The van der Waals surface area contributed by atoms with Gasteiger partial charge < -0.3 is 20.1 Å².